The molecule has 118 valence electrons. The third kappa shape index (κ3) is 3.46. The van der Waals surface area contributed by atoms with Crippen LogP contribution in [0.3, 0.4) is 0 Å². The van der Waals surface area contributed by atoms with Crippen LogP contribution in [0.2, 0.25) is 0 Å². The Bertz CT molecular complexity index is 418. The Kier molecular flexibility index (Phi) is 5.03. The van der Waals surface area contributed by atoms with Gasteiger partial charge in [0, 0.05) is 26.7 Å². The highest BCUT2D eigenvalue weighted by Crippen LogP contribution is 2.23. The van der Waals surface area contributed by atoms with Crippen LogP contribution in [0.15, 0.2) is 0 Å². The summed E-state index contributed by atoms with van der Waals surface area (Å²) in [6.45, 7) is 1.50. The molecule has 0 aliphatic carbocycles. The summed E-state index contributed by atoms with van der Waals surface area (Å²) in [4.78, 5) is 38.8. The van der Waals surface area contributed by atoms with E-state index in [1.165, 1.54) is 0 Å². The van der Waals surface area contributed by atoms with E-state index in [1.807, 2.05) is 0 Å². The zero-order chi connectivity index (χ0) is 15.4. The van der Waals surface area contributed by atoms with Gasteiger partial charge in [-0.15, -0.1) is 0 Å². The number of carbonyl (C=O) groups excluding carboxylic acids is 2. The minimum absolute atomic E-state index is 0.122. The first kappa shape index (κ1) is 15.6. The minimum Gasteiger partial charge on any atom is -0.481 e. The number of likely N-dealkylation sites (tertiary alicyclic amines) is 2. The molecule has 0 radical (unpaired) electrons. The second-order valence-corrected chi connectivity index (χ2v) is 5.70. The molecule has 2 N–H and O–H groups in total. The standard InChI is InChI=1S/C14H23N3O4/c1-15-12(18)11-4-2-3-7-17(11)14(21)16-8-5-10(6-9-16)13(19)20/h10-11H,2-9H2,1H3,(H,15,18)(H,19,20). The van der Waals surface area contributed by atoms with Crippen molar-refractivity contribution >= 4 is 17.9 Å². The molecule has 0 spiro atoms. The predicted molar refractivity (Wildman–Crippen MR) is 75.7 cm³/mol. The Morgan fingerprint density at radius 1 is 1.05 bits per heavy atom. The van der Waals surface area contributed by atoms with Crippen LogP contribution < -0.4 is 5.32 Å². The van der Waals surface area contributed by atoms with E-state index in [-0.39, 0.29) is 17.9 Å². The molecule has 0 aromatic rings. The highest BCUT2D eigenvalue weighted by Gasteiger charge is 2.35. The first-order chi connectivity index (χ1) is 10.0. The first-order valence-corrected chi connectivity index (χ1v) is 7.54. The van der Waals surface area contributed by atoms with Crippen molar-refractivity contribution in [2.24, 2.45) is 5.92 Å². The van der Waals surface area contributed by atoms with Crippen molar-refractivity contribution in [3.8, 4) is 0 Å². The third-order valence-corrected chi connectivity index (χ3v) is 4.41. The van der Waals surface area contributed by atoms with Gasteiger partial charge in [0.2, 0.25) is 5.91 Å². The second kappa shape index (κ2) is 6.78. The predicted octanol–water partition coefficient (Wildman–Crippen LogP) is 0.503. The zero-order valence-electron chi connectivity index (χ0n) is 12.4. The van der Waals surface area contributed by atoms with Crippen LogP contribution in [-0.2, 0) is 9.59 Å². The van der Waals surface area contributed by atoms with E-state index in [4.69, 9.17) is 5.11 Å². The van der Waals surface area contributed by atoms with Crippen molar-refractivity contribution < 1.29 is 19.5 Å². The van der Waals surface area contributed by atoms with Crippen LogP contribution in [-0.4, -0.2) is 65.5 Å². The van der Waals surface area contributed by atoms with Gasteiger partial charge in [-0.05, 0) is 32.1 Å². The van der Waals surface area contributed by atoms with Gasteiger partial charge in [0.25, 0.3) is 0 Å². The van der Waals surface area contributed by atoms with Crippen molar-refractivity contribution in [1.82, 2.24) is 15.1 Å². The van der Waals surface area contributed by atoms with Crippen molar-refractivity contribution in [3.05, 3.63) is 0 Å². The quantitative estimate of drug-likeness (QED) is 0.777. The molecule has 0 bridgehead atoms. The van der Waals surface area contributed by atoms with Gasteiger partial charge in [-0.2, -0.15) is 0 Å². The Hall–Kier alpha value is -1.79. The van der Waals surface area contributed by atoms with Crippen LogP contribution in [0.5, 0.6) is 0 Å². The number of carbonyl (C=O) groups is 3. The topological polar surface area (TPSA) is 90.0 Å². The smallest absolute Gasteiger partial charge is 0.320 e. The summed E-state index contributed by atoms with van der Waals surface area (Å²) >= 11 is 0. The van der Waals surface area contributed by atoms with Gasteiger partial charge in [0.05, 0.1) is 5.92 Å². The summed E-state index contributed by atoms with van der Waals surface area (Å²) < 4.78 is 0. The second-order valence-electron chi connectivity index (χ2n) is 5.70. The number of urea groups is 1. The summed E-state index contributed by atoms with van der Waals surface area (Å²) in [5.41, 5.74) is 0. The molecular formula is C14H23N3O4. The highest BCUT2D eigenvalue weighted by atomic mass is 16.4. The molecule has 2 heterocycles. The van der Waals surface area contributed by atoms with Gasteiger partial charge < -0.3 is 20.2 Å². The summed E-state index contributed by atoms with van der Waals surface area (Å²) in [6.07, 6.45) is 3.52. The lowest BCUT2D eigenvalue weighted by Crippen LogP contribution is -2.56. The van der Waals surface area contributed by atoms with E-state index in [9.17, 15) is 14.4 Å². The van der Waals surface area contributed by atoms with Crippen LogP contribution in [0.1, 0.15) is 32.1 Å². The number of carboxylic acids is 1. The SMILES string of the molecule is CNC(=O)C1CCCCN1C(=O)N1CCC(C(=O)O)CC1. The molecule has 0 aromatic heterocycles. The number of nitrogens with zero attached hydrogens (tertiary/aromatic N) is 2. The Morgan fingerprint density at radius 3 is 2.29 bits per heavy atom. The van der Waals surface area contributed by atoms with Crippen LogP contribution in [0, 0.1) is 5.92 Å². The molecule has 2 aliphatic rings. The lowest BCUT2D eigenvalue weighted by atomic mass is 9.97. The van der Waals surface area contributed by atoms with Gasteiger partial charge in [-0.25, -0.2) is 4.79 Å². The molecule has 21 heavy (non-hydrogen) atoms. The zero-order valence-corrected chi connectivity index (χ0v) is 12.4. The molecular weight excluding hydrogens is 274 g/mol. The van der Waals surface area contributed by atoms with Crippen LogP contribution in [0.25, 0.3) is 0 Å². The normalized spacial score (nSPS) is 23.8. The fourth-order valence-corrected chi connectivity index (χ4v) is 3.10. The molecule has 2 fully saturated rings. The van der Waals surface area contributed by atoms with Crippen molar-refractivity contribution in [2.45, 2.75) is 38.1 Å². The average Bonchev–Trinajstić information content (AvgIpc) is 2.53. The van der Waals surface area contributed by atoms with E-state index >= 15 is 0 Å². The van der Waals surface area contributed by atoms with E-state index in [1.54, 1.807) is 16.8 Å². The number of nitrogens with one attached hydrogen (secondary N) is 1. The Labute approximate surface area is 124 Å². The Morgan fingerprint density at radius 2 is 1.71 bits per heavy atom. The van der Waals surface area contributed by atoms with Gasteiger partial charge in [0.1, 0.15) is 6.04 Å². The number of amides is 3. The van der Waals surface area contributed by atoms with E-state index in [0.29, 0.717) is 38.9 Å². The number of carboxylic acid groups (broad SMARTS) is 1. The summed E-state index contributed by atoms with van der Waals surface area (Å²) in [7, 11) is 1.58. The molecule has 1 atom stereocenters. The van der Waals surface area contributed by atoms with E-state index in [0.717, 1.165) is 12.8 Å². The maximum absolute atomic E-state index is 12.6. The molecule has 3 amide bonds. The van der Waals surface area contributed by atoms with Crippen LogP contribution in [0.4, 0.5) is 4.79 Å². The largest absolute Gasteiger partial charge is 0.481 e. The van der Waals surface area contributed by atoms with Crippen molar-refractivity contribution in [2.75, 3.05) is 26.7 Å². The molecule has 2 aliphatic heterocycles. The lowest BCUT2D eigenvalue weighted by Gasteiger charge is -2.39. The molecule has 0 aromatic carbocycles. The van der Waals surface area contributed by atoms with Crippen molar-refractivity contribution in [3.63, 3.8) is 0 Å². The number of aliphatic carboxylic acids is 1. The van der Waals surface area contributed by atoms with Gasteiger partial charge in [0.15, 0.2) is 0 Å². The monoisotopic (exact) mass is 297 g/mol. The lowest BCUT2D eigenvalue weighted by molar-refractivity contribution is -0.143. The number of piperidine rings is 2. The molecule has 1 unspecified atom stereocenters. The maximum Gasteiger partial charge on any atom is 0.320 e. The molecule has 2 rings (SSSR count). The number of likely N-dealkylation sites (N-methyl/N-ethyl adjacent to an activating group) is 1. The molecule has 7 heteroatoms. The molecule has 7 nitrogen and oxygen atoms in total. The molecule has 0 saturated carbocycles. The number of rotatable bonds is 2. The summed E-state index contributed by atoms with van der Waals surface area (Å²) in [5.74, 6) is -1.27. The number of hydrogen-bond acceptors (Lipinski definition) is 3. The van der Waals surface area contributed by atoms with E-state index < -0.39 is 12.0 Å². The number of hydrogen-bond donors (Lipinski definition) is 2. The fourth-order valence-electron chi connectivity index (χ4n) is 3.10. The first-order valence-electron chi connectivity index (χ1n) is 7.54. The van der Waals surface area contributed by atoms with Crippen molar-refractivity contribution in [1.29, 1.82) is 0 Å². The Balaban J connectivity index is 1.98. The molecule has 2 saturated heterocycles. The van der Waals surface area contributed by atoms with Gasteiger partial charge >= 0.3 is 12.0 Å². The third-order valence-electron chi connectivity index (χ3n) is 4.41. The van der Waals surface area contributed by atoms with Gasteiger partial charge in [-0.1, -0.05) is 0 Å². The fraction of sp³-hybridized carbons (Fsp3) is 0.786. The summed E-state index contributed by atoms with van der Waals surface area (Å²) in [6, 6.07) is -0.527. The van der Waals surface area contributed by atoms with E-state index in [2.05, 4.69) is 5.32 Å². The average molecular weight is 297 g/mol. The van der Waals surface area contributed by atoms with Crippen LogP contribution >= 0.6 is 0 Å². The van der Waals surface area contributed by atoms with Gasteiger partial charge in [-0.3, -0.25) is 9.59 Å². The summed E-state index contributed by atoms with van der Waals surface area (Å²) in [5, 5.41) is 11.6. The maximum atomic E-state index is 12.6. The highest BCUT2D eigenvalue weighted by molar-refractivity contribution is 5.87. The minimum atomic E-state index is -0.789.